The van der Waals surface area contributed by atoms with Crippen molar-refractivity contribution in [1.29, 1.82) is 5.26 Å². The summed E-state index contributed by atoms with van der Waals surface area (Å²) < 4.78 is 0. The molecule has 2 aromatic rings. The van der Waals surface area contributed by atoms with Crippen LogP contribution in [0.4, 0.5) is 11.4 Å². The van der Waals surface area contributed by atoms with E-state index in [2.05, 4.69) is 10.6 Å². The van der Waals surface area contributed by atoms with E-state index in [1.807, 2.05) is 19.1 Å². The molecule has 2 aromatic carbocycles. The summed E-state index contributed by atoms with van der Waals surface area (Å²) in [5.41, 5.74) is 2.32. The zero-order valence-electron chi connectivity index (χ0n) is 11.9. The van der Waals surface area contributed by atoms with Gasteiger partial charge >= 0.3 is 0 Å². The lowest BCUT2D eigenvalue weighted by atomic mass is 10.2. The molecule has 5 heteroatoms. The summed E-state index contributed by atoms with van der Waals surface area (Å²) in [6, 6.07) is 16.2. The molecule has 0 fully saturated rings. The number of nitriles is 1. The van der Waals surface area contributed by atoms with Crippen LogP contribution in [0.2, 0.25) is 5.02 Å². The fraction of sp³-hybridized carbons (Fsp3) is 0.0588. The smallest absolute Gasteiger partial charge is 0.267 e. The third kappa shape index (κ3) is 4.11. The number of carbonyl (C=O) groups excluding carboxylic acids is 1. The van der Waals surface area contributed by atoms with Gasteiger partial charge in [0.15, 0.2) is 0 Å². The van der Waals surface area contributed by atoms with Crippen LogP contribution in [-0.2, 0) is 4.79 Å². The molecule has 4 nitrogen and oxygen atoms in total. The molecule has 0 aliphatic rings. The van der Waals surface area contributed by atoms with Gasteiger partial charge in [-0.2, -0.15) is 5.26 Å². The van der Waals surface area contributed by atoms with Crippen LogP contribution in [-0.4, -0.2) is 5.91 Å². The van der Waals surface area contributed by atoms with Crippen LogP contribution in [0.5, 0.6) is 0 Å². The lowest BCUT2D eigenvalue weighted by Crippen LogP contribution is -2.14. The zero-order valence-corrected chi connectivity index (χ0v) is 12.7. The molecule has 0 saturated carbocycles. The van der Waals surface area contributed by atoms with Gasteiger partial charge in [-0.1, -0.05) is 29.8 Å². The van der Waals surface area contributed by atoms with Crippen LogP contribution in [0.25, 0.3) is 0 Å². The van der Waals surface area contributed by atoms with Crippen molar-refractivity contribution in [2.24, 2.45) is 0 Å². The van der Waals surface area contributed by atoms with E-state index in [1.165, 1.54) is 6.20 Å². The van der Waals surface area contributed by atoms with Gasteiger partial charge in [0.1, 0.15) is 11.6 Å². The molecule has 0 aliphatic heterocycles. The second-order valence-corrected chi connectivity index (χ2v) is 5.03. The lowest BCUT2D eigenvalue weighted by Gasteiger charge is -2.07. The lowest BCUT2D eigenvalue weighted by molar-refractivity contribution is -0.112. The molecule has 2 N–H and O–H groups in total. The summed E-state index contributed by atoms with van der Waals surface area (Å²) in [7, 11) is 0. The molecule has 0 aromatic heterocycles. The number of carbonyl (C=O) groups is 1. The Morgan fingerprint density at radius 2 is 1.95 bits per heavy atom. The number of nitrogens with one attached hydrogen (secondary N) is 2. The van der Waals surface area contributed by atoms with Gasteiger partial charge in [0.25, 0.3) is 5.91 Å². The zero-order chi connectivity index (χ0) is 15.9. The molecule has 22 heavy (non-hydrogen) atoms. The van der Waals surface area contributed by atoms with E-state index in [-0.39, 0.29) is 5.57 Å². The first-order chi connectivity index (χ1) is 10.6. The summed E-state index contributed by atoms with van der Waals surface area (Å²) in [6.07, 6.45) is 1.38. The van der Waals surface area contributed by atoms with Crippen molar-refractivity contribution < 1.29 is 4.79 Å². The maximum absolute atomic E-state index is 12.0. The number of anilines is 2. The maximum Gasteiger partial charge on any atom is 0.267 e. The minimum atomic E-state index is -0.465. The van der Waals surface area contributed by atoms with Crippen molar-refractivity contribution in [3.05, 3.63) is 70.9 Å². The first kappa shape index (κ1) is 15.6. The third-order valence-electron chi connectivity index (χ3n) is 2.96. The fourth-order valence-corrected chi connectivity index (χ4v) is 2.03. The van der Waals surface area contributed by atoms with Gasteiger partial charge in [0, 0.05) is 22.6 Å². The summed E-state index contributed by atoms with van der Waals surface area (Å²) in [5.74, 6) is -0.465. The quantitative estimate of drug-likeness (QED) is 0.660. The predicted molar refractivity (Wildman–Crippen MR) is 88.6 cm³/mol. The highest BCUT2D eigenvalue weighted by molar-refractivity contribution is 6.30. The first-order valence-electron chi connectivity index (χ1n) is 6.59. The largest absolute Gasteiger partial charge is 0.360 e. The molecule has 0 aliphatic carbocycles. The molecule has 0 atom stereocenters. The average molecular weight is 312 g/mol. The number of para-hydroxylation sites is 1. The van der Waals surface area contributed by atoms with E-state index < -0.39 is 5.91 Å². The topological polar surface area (TPSA) is 64.9 Å². The maximum atomic E-state index is 12.0. The van der Waals surface area contributed by atoms with Crippen molar-refractivity contribution in [3.63, 3.8) is 0 Å². The van der Waals surface area contributed by atoms with E-state index in [0.717, 1.165) is 11.3 Å². The van der Waals surface area contributed by atoms with E-state index in [1.54, 1.807) is 42.5 Å². The minimum absolute atomic E-state index is 0.0156. The minimum Gasteiger partial charge on any atom is -0.360 e. The molecule has 0 unspecified atom stereocenters. The van der Waals surface area contributed by atoms with Crippen molar-refractivity contribution in [1.82, 2.24) is 0 Å². The SMILES string of the molecule is Cc1cc(Cl)ccc1NC=C(C#N)C(=O)Nc1ccccc1. The van der Waals surface area contributed by atoms with Crippen molar-refractivity contribution in [3.8, 4) is 6.07 Å². The third-order valence-corrected chi connectivity index (χ3v) is 3.19. The predicted octanol–water partition coefficient (Wildman–Crippen LogP) is 4.11. The van der Waals surface area contributed by atoms with Crippen molar-refractivity contribution in [2.75, 3.05) is 10.6 Å². The molecule has 0 spiro atoms. The number of hydrogen-bond donors (Lipinski definition) is 2. The number of benzene rings is 2. The van der Waals surface area contributed by atoms with Gasteiger partial charge in [0.2, 0.25) is 0 Å². The summed E-state index contributed by atoms with van der Waals surface area (Å²) in [5, 5.41) is 15.4. The molecule has 0 radical (unpaired) electrons. The average Bonchev–Trinajstić information content (AvgIpc) is 2.50. The van der Waals surface area contributed by atoms with Crippen molar-refractivity contribution >= 4 is 28.9 Å². The Labute approximate surface area is 134 Å². The monoisotopic (exact) mass is 311 g/mol. The molecular formula is C17H14ClN3O. The summed E-state index contributed by atoms with van der Waals surface area (Å²) >= 11 is 5.89. The number of hydrogen-bond acceptors (Lipinski definition) is 3. The van der Waals surface area contributed by atoms with Gasteiger partial charge in [-0.05, 0) is 42.8 Å². The Kier molecular flexibility index (Phi) is 5.18. The van der Waals surface area contributed by atoms with Gasteiger partial charge < -0.3 is 10.6 Å². The number of amides is 1. The Balaban J connectivity index is 2.10. The number of halogens is 1. The highest BCUT2D eigenvalue weighted by Gasteiger charge is 2.09. The van der Waals surface area contributed by atoms with Crippen LogP contribution in [0.1, 0.15) is 5.56 Å². The number of aryl methyl sites for hydroxylation is 1. The highest BCUT2D eigenvalue weighted by atomic mass is 35.5. The molecule has 0 bridgehead atoms. The molecule has 1 amide bonds. The van der Waals surface area contributed by atoms with Gasteiger partial charge in [-0.15, -0.1) is 0 Å². The molecular weight excluding hydrogens is 298 g/mol. The van der Waals surface area contributed by atoms with Crippen LogP contribution >= 0.6 is 11.6 Å². The normalized spacial score (nSPS) is 10.7. The van der Waals surface area contributed by atoms with E-state index in [4.69, 9.17) is 16.9 Å². The number of nitrogens with zero attached hydrogens (tertiary/aromatic N) is 1. The van der Waals surface area contributed by atoms with Crippen LogP contribution < -0.4 is 10.6 Å². The van der Waals surface area contributed by atoms with E-state index >= 15 is 0 Å². The van der Waals surface area contributed by atoms with Gasteiger partial charge in [-0.3, -0.25) is 4.79 Å². The molecule has 110 valence electrons. The Morgan fingerprint density at radius 1 is 1.23 bits per heavy atom. The van der Waals surface area contributed by atoms with Crippen LogP contribution in [0, 0.1) is 18.3 Å². The summed E-state index contributed by atoms with van der Waals surface area (Å²) in [4.78, 5) is 12.0. The van der Waals surface area contributed by atoms with E-state index in [0.29, 0.717) is 10.7 Å². The molecule has 0 saturated heterocycles. The molecule has 2 rings (SSSR count). The second kappa shape index (κ2) is 7.30. The molecule has 0 heterocycles. The van der Waals surface area contributed by atoms with Crippen LogP contribution in [0.3, 0.4) is 0 Å². The second-order valence-electron chi connectivity index (χ2n) is 4.59. The Hall–Kier alpha value is -2.77. The fourth-order valence-electron chi connectivity index (χ4n) is 1.81. The highest BCUT2D eigenvalue weighted by Crippen LogP contribution is 2.19. The summed E-state index contributed by atoms with van der Waals surface area (Å²) in [6.45, 7) is 1.89. The van der Waals surface area contributed by atoms with Gasteiger partial charge in [0.05, 0.1) is 0 Å². The Morgan fingerprint density at radius 3 is 2.59 bits per heavy atom. The van der Waals surface area contributed by atoms with Crippen molar-refractivity contribution in [2.45, 2.75) is 6.92 Å². The Bertz CT molecular complexity index is 748. The van der Waals surface area contributed by atoms with Gasteiger partial charge in [-0.25, -0.2) is 0 Å². The number of rotatable bonds is 4. The van der Waals surface area contributed by atoms with E-state index in [9.17, 15) is 4.79 Å². The van der Waals surface area contributed by atoms with Crippen LogP contribution in [0.15, 0.2) is 60.3 Å². The standard InChI is InChI=1S/C17H14ClN3O/c1-12-9-14(18)7-8-16(12)20-11-13(10-19)17(22)21-15-5-3-2-4-6-15/h2-9,11,20H,1H3,(H,21,22). The first-order valence-corrected chi connectivity index (χ1v) is 6.97.